The van der Waals surface area contributed by atoms with E-state index in [2.05, 4.69) is 4.72 Å². The van der Waals surface area contributed by atoms with Crippen LogP contribution in [0.5, 0.6) is 0 Å². The molecule has 0 aliphatic carbocycles. The summed E-state index contributed by atoms with van der Waals surface area (Å²) in [6.07, 6.45) is 0. The number of hydrogen-bond donors (Lipinski definition) is 2. The summed E-state index contributed by atoms with van der Waals surface area (Å²) in [5.41, 5.74) is 7.71. The van der Waals surface area contributed by atoms with Gasteiger partial charge in [0.1, 0.15) is 0 Å². The molecule has 2 aromatic carbocycles. The first-order valence-corrected chi connectivity index (χ1v) is 8.02. The third kappa shape index (κ3) is 3.99. The average Bonchev–Trinajstić information content (AvgIpc) is 2.41. The van der Waals surface area contributed by atoms with Crippen LogP contribution in [0.4, 0.5) is 11.4 Å². The molecule has 1 atom stereocenters. The van der Waals surface area contributed by atoms with Crippen LogP contribution in [-0.2, 0) is 10.0 Å². The first kappa shape index (κ1) is 14.4. The third-order valence-corrected chi connectivity index (χ3v) is 4.51. The number of benzene rings is 2. The Morgan fingerprint density at radius 1 is 1.05 bits per heavy atom. The van der Waals surface area contributed by atoms with E-state index >= 15 is 0 Å². The minimum absolute atomic E-state index is 0.0430. The zero-order valence-electron chi connectivity index (χ0n) is 11.3. The van der Waals surface area contributed by atoms with E-state index in [0.29, 0.717) is 11.4 Å². The number of nitrogens with two attached hydrogens (primary N) is 1. The van der Waals surface area contributed by atoms with Gasteiger partial charge in [-0.2, -0.15) is 0 Å². The van der Waals surface area contributed by atoms with Gasteiger partial charge in [-0.05, 0) is 35.7 Å². The maximum absolute atomic E-state index is 12.1. The van der Waals surface area contributed by atoms with Gasteiger partial charge in [-0.15, -0.1) is 0 Å². The number of sulfonamides is 1. The highest BCUT2D eigenvalue weighted by molar-refractivity contribution is 7.92. The molecule has 0 heterocycles. The molecule has 0 bridgehead atoms. The SMILES string of the molecule is CC(CS(=O)(=O)Nc1ccc(N)cc1)c1ccccc1. The highest BCUT2D eigenvalue weighted by atomic mass is 32.2. The first-order chi connectivity index (χ1) is 9.46. The molecule has 0 amide bonds. The molecule has 2 aromatic rings. The summed E-state index contributed by atoms with van der Waals surface area (Å²) in [6, 6.07) is 16.2. The fourth-order valence-corrected chi connectivity index (χ4v) is 3.41. The predicted octanol–water partition coefficient (Wildman–Crippen LogP) is 2.81. The summed E-state index contributed by atoms with van der Waals surface area (Å²) >= 11 is 0. The summed E-state index contributed by atoms with van der Waals surface area (Å²) in [4.78, 5) is 0. The zero-order chi connectivity index (χ0) is 14.6. The van der Waals surface area contributed by atoms with Crippen molar-refractivity contribution in [2.24, 2.45) is 0 Å². The van der Waals surface area contributed by atoms with Gasteiger partial charge in [0, 0.05) is 11.4 Å². The molecule has 3 N–H and O–H groups in total. The van der Waals surface area contributed by atoms with Crippen molar-refractivity contribution >= 4 is 21.4 Å². The largest absolute Gasteiger partial charge is 0.399 e. The van der Waals surface area contributed by atoms with Gasteiger partial charge in [-0.1, -0.05) is 37.3 Å². The van der Waals surface area contributed by atoms with Crippen molar-refractivity contribution in [1.82, 2.24) is 0 Å². The van der Waals surface area contributed by atoms with Crippen molar-refractivity contribution in [2.45, 2.75) is 12.8 Å². The average molecular weight is 290 g/mol. The second-order valence-corrected chi connectivity index (χ2v) is 6.58. The number of rotatable bonds is 5. The maximum atomic E-state index is 12.1. The highest BCUT2D eigenvalue weighted by Crippen LogP contribution is 2.19. The van der Waals surface area contributed by atoms with Gasteiger partial charge in [0.25, 0.3) is 0 Å². The Hall–Kier alpha value is -2.01. The first-order valence-electron chi connectivity index (χ1n) is 6.37. The molecular formula is C15H18N2O2S. The Labute approximate surface area is 119 Å². The molecule has 0 aliphatic heterocycles. The van der Waals surface area contributed by atoms with Crippen LogP contribution >= 0.6 is 0 Å². The van der Waals surface area contributed by atoms with Crippen molar-refractivity contribution in [1.29, 1.82) is 0 Å². The molecule has 0 fully saturated rings. The van der Waals surface area contributed by atoms with E-state index in [1.165, 1.54) is 0 Å². The van der Waals surface area contributed by atoms with E-state index in [4.69, 9.17) is 5.73 Å². The molecule has 0 radical (unpaired) electrons. The van der Waals surface area contributed by atoms with E-state index in [1.807, 2.05) is 37.3 Å². The quantitative estimate of drug-likeness (QED) is 0.832. The second kappa shape index (κ2) is 5.96. The smallest absolute Gasteiger partial charge is 0.233 e. The molecular weight excluding hydrogens is 272 g/mol. The Balaban J connectivity index is 2.06. The summed E-state index contributed by atoms with van der Waals surface area (Å²) in [7, 11) is -3.39. The Morgan fingerprint density at radius 2 is 1.65 bits per heavy atom. The van der Waals surface area contributed by atoms with Crippen molar-refractivity contribution in [3.63, 3.8) is 0 Å². The lowest BCUT2D eigenvalue weighted by molar-refractivity contribution is 0.595. The fraction of sp³-hybridized carbons (Fsp3) is 0.200. The molecule has 4 nitrogen and oxygen atoms in total. The van der Waals surface area contributed by atoms with Crippen LogP contribution in [0.3, 0.4) is 0 Å². The van der Waals surface area contributed by atoms with Gasteiger partial charge in [-0.3, -0.25) is 4.72 Å². The molecule has 2 rings (SSSR count). The van der Waals surface area contributed by atoms with Gasteiger partial charge >= 0.3 is 0 Å². The maximum Gasteiger partial charge on any atom is 0.233 e. The van der Waals surface area contributed by atoms with Crippen molar-refractivity contribution < 1.29 is 8.42 Å². The van der Waals surface area contributed by atoms with Gasteiger partial charge in [-0.25, -0.2) is 8.42 Å². The molecule has 0 saturated carbocycles. The third-order valence-electron chi connectivity index (χ3n) is 3.02. The van der Waals surface area contributed by atoms with Crippen LogP contribution in [0.1, 0.15) is 18.4 Å². The van der Waals surface area contributed by atoms with Gasteiger partial charge in [0.2, 0.25) is 10.0 Å². The van der Waals surface area contributed by atoms with E-state index in [0.717, 1.165) is 5.56 Å². The summed E-state index contributed by atoms with van der Waals surface area (Å²) in [5, 5.41) is 0. The summed E-state index contributed by atoms with van der Waals surface area (Å²) in [5.74, 6) is -0.0241. The number of anilines is 2. The lowest BCUT2D eigenvalue weighted by Gasteiger charge is -2.14. The van der Waals surface area contributed by atoms with Crippen LogP contribution in [0.2, 0.25) is 0 Å². The molecule has 106 valence electrons. The topological polar surface area (TPSA) is 72.2 Å². The molecule has 0 aromatic heterocycles. The van der Waals surface area contributed by atoms with Crippen LogP contribution in [-0.4, -0.2) is 14.2 Å². The minimum Gasteiger partial charge on any atom is -0.399 e. The monoisotopic (exact) mass is 290 g/mol. The van der Waals surface area contributed by atoms with Crippen molar-refractivity contribution in [3.05, 3.63) is 60.2 Å². The molecule has 0 saturated heterocycles. The second-order valence-electron chi connectivity index (χ2n) is 4.82. The van der Waals surface area contributed by atoms with E-state index in [1.54, 1.807) is 24.3 Å². The molecule has 5 heteroatoms. The normalized spacial score (nSPS) is 12.8. The lowest BCUT2D eigenvalue weighted by Crippen LogP contribution is -2.20. The minimum atomic E-state index is -3.39. The summed E-state index contributed by atoms with van der Waals surface area (Å²) < 4.78 is 26.8. The molecule has 1 unspecified atom stereocenters. The van der Waals surface area contributed by atoms with Crippen molar-refractivity contribution in [3.8, 4) is 0 Å². The highest BCUT2D eigenvalue weighted by Gasteiger charge is 2.16. The number of nitrogens with one attached hydrogen (secondary N) is 1. The fourth-order valence-electron chi connectivity index (χ4n) is 1.98. The van der Waals surface area contributed by atoms with Gasteiger partial charge in [0.05, 0.1) is 5.75 Å². The predicted molar refractivity (Wildman–Crippen MR) is 83.1 cm³/mol. The summed E-state index contributed by atoms with van der Waals surface area (Å²) in [6.45, 7) is 1.90. The standard InChI is InChI=1S/C15H18N2O2S/c1-12(13-5-3-2-4-6-13)11-20(18,19)17-15-9-7-14(16)8-10-15/h2-10,12,17H,11,16H2,1H3. The zero-order valence-corrected chi connectivity index (χ0v) is 12.1. The Kier molecular flexibility index (Phi) is 4.29. The van der Waals surface area contributed by atoms with Crippen LogP contribution in [0.25, 0.3) is 0 Å². The van der Waals surface area contributed by atoms with Gasteiger partial charge in [0.15, 0.2) is 0 Å². The van der Waals surface area contributed by atoms with Crippen molar-refractivity contribution in [2.75, 3.05) is 16.2 Å². The van der Waals surface area contributed by atoms with Gasteiger partial charge < -0.3 is 5.73 Å². The van der Waals surface area contributed by atoms with E-state index < -0.39 is 10.0 Å². The molecule has 0 aliphatic rings. The molecule has 0 spiro atoms. The van der Waals surface area contributed by atoms with Crippen LogP contribution < -0.4 is 10.5 Å². The molecule has 20 heavy (non-hydrogen) atoms. The van der Waals surface area contributed by atoms with E-state index in [-0.39, 0.29) is 11.7 Å². The van der Waals surface area contributed by atoms with Crippen LogP contribution in [0, 0.1) is 0 Å². The number of nitrogen functional groups attached to an aromatic ring is 1. The lowest BCUT2D eigenvalue weighted by atomic mass is 10.0. The van der Waals surface area contributed by atoms with E-state index in [9.17, 15) is 8.42 Å². The Bertz CT molecular complexity index is 652. The number of hydrogen-bond acceptors (Lipinski definition) is 3. The Morgan fingerprint density at radius 3 is 2.25 bits per heavy atom. The van der Waals surface area contributed by atoms with Crippen LogP contribution in [0.15, 0.2) is 54.6 Å².